The van der Waals surface area contributed by atoms with Crippen molar-refractivity contribution in [2.24, 2.45) is 0 Å². The largest absolute Gasteiger partial charge is 0.453 e. The van der Waals surface area contributed by atoms with Gasteiger partial charge in [0.2, 0.25) is 0 Å². The first-order chi connectivity index (χ1) is 6.06. The van der Waals surface area contributed by atoms with Crippen LogP contribution < -0.4 is 16.0 Å². The van der Waals surface area contributed by atoms with Crippen LogP contribution in [0.1, 0.15) is 13.8 Å². The number of urea groups is 1. The molecule has 0 rings (SSSR count). The number of rotatable bonds is 3. The summed E-state index contributed by atoms with van der Waals surface area (Å²) < 4.78 is 4.29. The van der Waals surface area contributed by atoms with Crippen molar-refractivity contribution >= 4 is 12.1 Å². The molecule has 3 N–H and O–H groups in total. The summed E-state index contributed by atoms with van der Waals surface area (Å²) in [5.41, 5.74) is 0. The van der Waals surface area contributed by atoms with Gasteiger partial charge in [-0.3, -0.25) is 0 Å². The van der Waals surface area contributed by atoms with E-state index in [2.05, 4.69) is 20.7 Å². The van der Waals surface area contributed by atoms with E-state index >= 15 is 0 Å². The van der Waals surface area contributed by atoms with E-state index in [1.54, 1.807) is 0 Å². The van der Waals surface area contributed by atoms with Gasteiger partial charge in [-0.05, 0) is 13.8 Å². The number of carbonyl (C=O) groups is 2. The molecule has 0 aromatic carbocycles. The minimum atomic E-state index is -0.579. The predicted molar refractivity (Wildman–Crippen MR) is 47.2 cm³/mol. The number of carbonyl (C=O) groups excluding carboxylic acids is 2. The van der Waals surface area contributed by atoms with Crippen LogP contribution in [0, 0.1) is 0 Å². The third kappa shape index (κ3) is 6.92. The van der Waals surface area contributed by atoms with Crippen LogP contribution in [0.4, 0.5) is 9.59 Å². The van der Waals surface area contributed by atoms with Gasteiger partial charge in [-0.2, -0.15) is 0 Å². The van der Waals surface area contributed by atoms with Crippen molar-refractivity contribution in [3.63, 3.8) is 0 Å². The fraction of sp³-hybridized carbons (Fsp3) is 0.714. The number of ether oxygens (including phenoxy) is 1. The third-order valence-corrected chi connectivity index (χ3v) is 1.09. The van der Waals surface area contributed by atoms with Crippen molar-refractivity contribution in [3.8, 4) is 0 Å². The molecule has 0 saturated heterocycles. The van der Waals surface area contributed by atoms with Crippen LogP contribution >= 0.6 is 0 Å². The lowest BCUT2D eigenvalue weighted by Crippen LogP contribution is -2.44. The summed E-state index contributed by atoms with van der Waals surface area (Å²) in [5.74, 6) is 0. The highest BCUT2D eigenvalue weighted by Gasteiger charge is 2.02. The second-order valence-electron chi connectivity index (χ2n) is 2.65. The average molecular weight is 189 g/mol. The predicted octanol–water partition coefficient (Wildman–Crippen LogP) is 0.00750. The zero-order valence-electron chi connectivity index (χ0n) is 8.01. The first-order valence-electron chi connectivity index (χ1n) is 3.92. The van der Waals surface area contributed by atoms with E-state index < -0.39 is 6.09 Å². The van der Waals surface area contributed by atoms with E-state index in [0.29, 0.717) is 0 Å². The molecule has 0 aliphatic heterocycles. The van der Waals surface area contributed by atoms with Crippen LogP contribution in [0.15, 0.2) is 0 Å². The Balaban J connectivity index is 3.42. The second-order valence-corrected chi connectivity index (χ2v) is 2.65. The number of hydrogen-bond donors (Lipinski definition) is 3. The molecule has 0 atom stereocenters. The minimum absolute atomic E-state index is 0.0469. The molecule has 0 heterocycles. The van der Waals surface area contributed by atoms with Crippen LogP contribution in [0.5, 0.6) is 0 Å². The van der Waals surface area contributed by atoms with Gasteiger partial charge in [-0.1, -0.05) is 0 Å². The lowest BCUT2D eigenvalue weighted by Gasteiger charge is -2.10. The summed E-state index contributed by atoms with van der Waals surface area (Å²) >= 11 is 0. The molecule has 0 aromatic heterocycles. The maximum absolute atomic E-state index is 10.9. The van der Waals surface area contributed by atoms with Gasteiger partial charge in [0.05, 0.1) is 13.8 Å². The summed E-state index contributed by atoms with van der Waals surface area (Å²) in [7, 11) is 1.25. The fourth-order valence-corrected chi connectivity index (χ4v) is 0.582. The summed E-state index contributed by atoms with van der Waals surface area (Å²) in [6.07, 6.45) is -0.579. The first-order valence-corrected chi connectivity index (χ1v) is 3.92. The van der Waals surface area contributed by atoms with E-state index in [1.165, 1.54) is 7.11 Å². The van der Waals surface area contributed by atoms with Crippen molar-refractivity contribution in [2.75, 3.05) is 13.8 Å². The van der Waals surface area contributed by atoms with Crippen molar-refractivity contribution in [1.29, 1.82) is 0 Å². The van der Waals surface area contributed by atoms with Gasteiger partial charge in [0.15, 0.2) is 0 Å². The van der Waals surface area contributed by atoms with Crippen molar-refractivity contribution in [2.45, 2.75) is 19.9 Å². The van der Waals surface area contributed by atoms with E-state index in [0.717, 1.165) is 0 Å². The Labute approximate surface area is 77.0 Å². The number of amides is 3. The van der Waals surface area contributed by atoms with Crippen molar-refractivity contribution in [3.05, 3.63) is 0 Å². The molecule has 13 heavy (non-hydrogen) atoms. The molecule has 76 valence electrons. The molecule has 0 unspecified atom stereocenters. The van der Waals surface area contributed by atoms with Gasteiger partial charge < -0.3 is 20.7 Å². The Hall–Kier alpha value is -1.46. The Morgan fingerprint density at radius 2 is 1.92 bits per heavy atom. The third-order valence-electron chi connectivity index (χ3n) is 1.09. The van der Waals surface area contributed by atoms with Gasteiger partial charge in [-0.15, -0.1) is 0 Å². The molecule has 0 aliphatic carbocycles. The highest BCUT2D eigenvalue weighted by Crippen LogP contribution is 1.75. The summed E-state index contributed by atoms with van der Waals surface area (Å²) in [5, 5.41) is 7.31. The van der Waals surface area contributed by atoms with Crippen LogP contribution in [-0.2, 0) is 4.74 Å². The molecule has 6 nitrogen and oxygen atoms in total. The molecule has 3 amide bonds. The van der Waals surface area contributed by atoms with Gasteiger partial charge >= 0.3 is 12.1 Å². The molecular formula is C7H15N3O3. The SMILES string of the molecule is COC(=O)NCNC(=O)NC(C)C. The van der Waals surface area contributed by atoms with Gasteiger partial charge in [-0.25, -0.2) is 9.59 Å². The number of alkyl carbamates (subject to hydrolysis) is 1. The fourth-order valence-electron chi connectivity index (χ4n) is 0.582. The van der Waals surface area contributed by atoms with E-state index in [1.807, 2.05) is 13.8 Å². The minimum Gasteiger partial charge on any atom is -0.453 e. The summed E-state index contributed by atoms with van der Waals surface area (Å²) in [4.78, 5) is 21.4. The molecule has 6 heteroatoms. The Bertz CT molecular complexity index is 182. The number of nitrogens with one attached hydrogen (secondary N) is 3. The molecule has 0 aromatic rings. The van der Waals surface area contributed by atoms with Crippen LogP contribution in [0.25, 0.3) is 0 Å². The summed E-state index contributed by atoms with van der Waals surface area (Å²) in [6, 6.07) is -0.260. The van der Waals surface area contributed by atoms with E-state index in [9.17, 15) is 9.59 Å². The van der Waals surface area contributed by atoms with Crippen LogP contribution in [0.3, 0.4) is 0 Å². The molecule has 0 radical (unpaired) electrons. The molecule has 0 aliphatic rings. The van der Waals surface area contributed by atoms with Crippen LogP contribution in [-0.4, -0.2) is 31.9 Å². The monoisotopic (exact) mass is 189 g/mol. The highest BCUT2D eigenvalue weighted by molar-refractivity contribution is 5.74. The zero-order valence-corrected chi connectivity index (χ0v) is 8.01. The Kier molecular flexibility index (Phi) is 5.42. The smallest absolute Gasteiger partial charge is 0.408 e. The second kappa shape index (κ2) is 6.10. The lowest BCUT2D eigenvalue weighted by atomic mass is 10.4. The molecular weight excluding hydrogens is 174 g/mol. The Morgan fingerprint density at radius 3 is 2.38 bits per heavy atom. The quantitative estimate of drug-likeness (QED) is 0.547. The maximum atomic E-state index is 10.9. The molecule has 0 spiro atoms. The number of hydrogen-bond acceptors (Lipinski definition) is 3. The number of methoxy groups -OCH3 is 1. The van der Waals surface area contributed by atoms with Gasteiger partial charge in [0.1, 0.15) is 0 Å². The van der Waals surface area contributed by atoms with Gasteiger partial charge in [0.25, 0.3) is 0 Å². The van der Waals surface area contributed by atoms with Crippen LogP contribution in [0.2, 0.25) is 0 Å². The molecule has 0 fully saturated rings. The standard InChI is InChI=1S/C7H15N3O3/c1-5(2)10-6(11)8-4-9-7(12)13-3/h5H,4H2,1-3H3,(H,9,12)(H2,8,10,11). The van der Waals surface area contributed by atoms with E-state index in [4.69, 9.17) is 0 Å². The molecule has 0 saturated carbocycles. The first kappa shape index (κ1) is 11.5. The Morgan fingerprint density at radius 1 is 1.31 bits per heavy atom. The average Bonchev–Trinajstić information content (AvgIpc) is 2.02. The lowest BCUT2D eigenvalue weighted by molar-refractivity contribution is 0.170. The summed E-state index contributed by atoms with van der Waals surface area (Å²) in [6.45, 7) is 3.73. The highest BCUT2D eigenvalue weighted by atomic mass is 16.5. The van der Waals surface area contributed by atoms with Gasteiger partial charge in [0, 0.05) is 6.04 Å². The topological polar surface area (TPSA) is 79.5 Å². The van der Waals surface area contributed by atoms with Crippen molar-refractivity contribution in [1.82, 2.24) is 16.0 Å². The van der Waals surface area contributed by atoms with E-state index in [-0.39, 0.29) is 18.7 Å². The normalized spacial score (nSPS) is 9.23. The van der Waals surface area contributed by atoms with Crippen molar-refractivity contribution < 1.29 is 14.3 Å². The molecule has 0 bridgehead atoms. The maximum Gasteiger partial charge on any atom is 0.408 e. The zero-order chi connectivity index (χ0) is 10.3.